The quantitative estimate of drug-likeness (QED) is 0.398. The Kier molecular flexibility index (Phi) is 4.22. The number of methoxy groups -OCH3 is 1. The number of fused-ring (bicyclic) bond motifs is 1. The van der Waals surface area contributed by atoms with Crippen molar-refractivity contribution in [1.82, 2.24) is 0 Å². The minimum atomic E-state index is -0.247. The highest BCUT2D eigenvalue weighted by atomic mass is 32.1. The van der Waals surface area contributed by atoms with Gasteiger partial charge in [-0.2, -0.15) is 16.6 Å². The van der Waals surface area contributed by atoms with Crippen LogP contribution in [0.3, 0.4) is 0 Å². The summed E-state index contributed by atoms with van der Waals surface area (Å²) in [4.78, 5) is 12.3. The van der Waals surface area contributed by atoms with Gasteiger partial charge in [0.2, 0.25) is 5.78 Å². The Labute approximate surface area is 138 Å². The van der Waals surface area contributed by atoms with Gasteiger partial charge in [-0.15, -0.1) is 0 Å². The summed E-state index contributed by atoms with van der Waals surface area (Å²) in [5, 5.41) is 14.9. The summed E-state index contributed by atoms with van der Waals surface area (Å²) in [7, 11) is 1.63. The van der Waals surface area contributed by atoms with Crippen LogP contribution >= 0.6 is 11.3 Å². The minimum Gasteiger partial charge on any atom is -0.497 e. The first-order valence-electron chi connectivity index (χ1n) is 6.98. The summed E-state index contributed by atoms with van der Waals surface area (Å²) in [6.45, 7) is 0. The summed E-state index contributed by atoms with van der Waals surface area (Å²) in [6.07, 6.45) is 1.63. The number of rotatable bonds is 4. The van der Waals surface area contributed by atoms with E-state index in [4.69, 9.17) is 4.74 Å². The molecule has 0 radical (unpaired) electrons. The van der Waals surface area contributed by atoms with Crippen molar-refractivity contribution in [1.29, 1.82) is 5.26 Å². The van der Waals surface area contributed by atoms with Gasteiger partial charge in [-0.05, 0) is 52.1 Å². The van der Waals surface area contributed by atoms with Crippen LogP contribution in [0.1, 0.15) is 15.9 Å². The molecular formula is C19H13NO2S. The molecule has 1 heterocycles. The van der Waals surface area contributed by atoms with Gasteiger partial charge in [-0.1, -0.05) is 18.2 Å². The number of ether oxygens (including phenoxy) is 1. The van der Waals surface area contributed by atoms with E-state index in [1.54, 1.807) is 24.6 Å². The van der Waals surface area contributed by atoms with E-state index in [-0.39, 0.29) is 11.4 Å². The molecule has 3 rings (SSSR count). The van der Waals surface area contributed by atoms with Crippen LogP contribution in [-0.2, 0) is 0 Å². The van der Waals surface area contributed by atoms with Crippen molar-refractivity contribution in [3.63, 3.8) is 0 Å². The van der Waals surface area contributed by atoms with Gasteiger partial charge in [0.1, 0.15) is 17.4 Å². The van der Waals surface area contributed by atoms with E-state index < -0.39 is 0 Å². The SMILES string of the molecule is COc1ccc2cc(C=C(C#N)C(=O)c3ccsc3)ccc2c1. The number of allylic oxidation sites excluding steroid dienone is 1. The van der Waals surface area contributed by atoms with Crippen molar-refractivity contribution in [3.8, 4) is 11.8 Å². The second kappa shape index (κ2) is 6.47. The normalized spacial score (nSPS) is 11.2. The van der Waals surface area contributed by atoms with Crippen molar-refractivity contribution in [2.45, 2.75) is 0 Å². The molecule has 4 heteroatoms. The largest absolute Gasteiger partial charge is 0.497 e. The van der Waals surface area contributed by atoms with E-state index >= 15 is 0 Å². The third-order valence-corrected chi connectivity index (χ3v) is 4.21. The number of hydrogen-bond acceptors (Lipinski definition) is 4. The van der Waals surface area contributed by atoms with Gasteiger partial charge in [0.05, 0.1) is 7.11 Å². The maximum Gasteiger partial charge on any atom is 0.204 e. The van der Waals surface area contributed by atoms with Crippen molar-refractivity contribution in [3.05, 3.63) is 69.9 Å². The Hall–Kier alpha value is -2.90. The zero-order chi connectivity index (χ0) is 16.2. The van der Waals surface area contributed by atoms with E-state index in [2.05, 4.69) is 0 Å². The summed E-state index contributed by atoms with van der Waals surface area (Å²) < 4.78 is 5.21. The third kappa shape index (κ3) is 3.15. The van der Waals surface area contributed by atoms with Gasteiger partial charge < -0.3 is 4.74 Å². The molecule has 3 aromatic rings. The van der Waals surface area contributed by atoms with E-state index in [0.717, 1.165) is 22.1 Å². The van der Waals surface area contributed by atoms with Gasteiger partial charge in [-0.25, -0.2) is 0 Å². The van der Waals surface area contributed by atoms with Crippen molar-refractivity contribution in [2.24, 2.45) is 0 Å². The van der Waals surface area contributed by atoms with Crippen LogP contribution in [-0.4, -0.2) is 12.9 Å². The Bertz CT molecular complexity index is 934. The molecule has 0 aliphatic rings. The maximum atomic E-state index is 12.3. The molecule has 0 aliphatic heterocycles. The maximum absolute atomic E-state index is 12.3. The smallest absolute Gasteiger partial charge is 0.204 e. The lowest BCUT2D eigenvalue weighted by atomic mass is 10.0. The minimum absolute atomic E-state index is 0.135. The molecule has 0 aliphatic carbocycles. The van der Waals surface area contributed by atoms with Gasteiger partial charge >= 0.3 is 0 Å². The van der Waals surface area contributed by atoms with Gasteiger partial charge in [0, 0.05) is 10.9 Å². The number of Topliss-reactive ketones (excluding diaryl/α,β-unsaturated/α-hetero) is 1. The summed E-state index contributed by atoms with van der Waals surface area (Å²) in [5.41, 5.74) is 1.51. The van der Waals surface area contributed by atoms with Crippen LogP contribution < -0.4 is 4.74 Å². The lowest BCUT2D eigenvalue weighted by molar-refractivity contribution is 0.104. The molecular weight excluding hydrogens is 306 g/mol. The fourth-order valence-corrected chi connectivity index (χ4v) is 2.96. The van der Waals surface area contributed by atoms with Crippen molar-refractivity contribution in [2.75, 3.05) is 7.11 Å². The number of nitriles is 1. The predicted molar refractivity (Wildman–Crippen MR) is 92.7 cm³/mol. The number of nitrogens with zero attached hydrogens (tertiary/aromatic N) is 1. The lowest BCUT2D eigenvalue weighted by Crippen LogP contribution is -1.99. The van der Waals surface area contributed by atoms with Crippen LogP contribution in [0.25, 0.3) is 16.8 Å². The molecule has 23 heavy (non-hydrogen) atoms. The Morgan fingerprint density at radius 2 is 1.96 bits per heavy atom. The molecule has 0 atom stereocenters. The Morgan fingerprint density at radius 3 is 2.65 bits per heavy atom. The number of carbonyl (C=O) groups is 1. The number of thiophene rings is 1. The molecule has 0 saturated carbocycles. The highest BCUT2D eigenvalue weighted by Gasteiger charge is 2.12. The van der Waals surface area contributed by atoms with Crippen LogP contribution in [0.2, 0.25) is 0 Å². The van der Waals surface area contributed by atoms with E-state index in [1.165, 1.54) is 11.3 Å². The van der Waals surface area contributed by atoms with Crippen molar-refractivity contribution < 1.29 is 9.53 Å². The monoisotopic (exact) mass is 319 g/mol. The van der Waals surface area contributed by atoms with E-state index in [0.29, 0.717) is 5.56 Å². The topological polar surface area (TPSA) is 50.1 Å². The number of hydrogen-bond donors (Lipinski definition) is 0. The molecule has 0 unspecified atom stereocenters. The highest BCUT2D eigenvalue weighted by Crippen LogP contribution is 2.23. The summed E-state index contributed by atoms with van der Waals surface area (Å²) in [6, 6.07) is 15.3. The molecule has 0 bridgehead atoms. The summed E-state index contributed by atoms with van der Waals surface area (Å²) in [5.74, 6) is 0.551. The predicted octanol–water partition coefficient (Wildman–Crippen LogP) is 4.70. The molecule has 0 spiro atoms. The molecule has 0 amide bonds. The first-order valence-corrected chi connectivity index (χ1v) is 7.92. The molecule has 0 N–H and O–H groups in total. The average molecular weight is 319 g/mol. The van der Waals surface area contributed by atoms with Crippen LogP contribution in [0.5, 0.6) is 5.75 Å². The fraction of sp³-hybridized carbons (Fsp3) is 0.0526. The molecule has 1 aromatic heterocycles. The van der Waals surface area contributed by atoms with Crippen LogP contribution in [0.4, 0.5) is 0 Å². The van der Waals surface area contributed by atoms with E-state index in [9.17, 15) is 10.1 Å². The molecule has 0 saturated heterocycles. The van der Waals surface area contributed by atoms with Gasteiger partial charge in [-0.3, -0.25) is 4.79 Å². The van der Waals surface area contributed by atoms with E-state index in [1.807, 2.05) is 47.8 Å². The fourth-order valence-electron chi connectivity index (χ4n) is 2.32. The average Bonchev–Trinajstić information content (AvgIpc) is 3.13. The Morgan fingerprint density at radius 1 is 1.17 bits per heavy atom. The molecule has 2 aromatic carbocycles. The second-order valence-corrected chi connectivity index (χ2v) is 5.76. The Balaban J connectivity index is 1.98. The number of carbonyl (C=O) groups excluding carboxylic acids is 1. The van der Waals surface area contributed by atoms with Crippen LogP contribution in [0.15, 0.2) is 58.8 Å². The highest BCUT2D eigenvalue weighted by molar-refractivity contribution is 7.08. The third-order valence-electron chi connectivity index (χ3n) is 3.53. The first-order chi connectivity index (χ1) is 11.2. The van der Waals surface area contributed by atoms with Gasteiger partial charge in [0.25, 0.3) is 0 Å². The molecule has 3 nitrogen and oxygen atoms in total. The molecule has 0 fully saturated rings. The van der Waals surface area contributed by atoms with Gasteiger partial charge in [0.15, 0.2) is 0 Å². The van der Waals surface area contributed by atoms with Crippen molar-refractivity contribution >= 4 is 34.0 Å². The molecule has 112 valence electrons. The standard InChI is InChI=1S/C19H13NO2S/c1-22-18-5-4-14-8-13(2-3-15(14)10-18)9-17(11-20)19(21)16-6-7-23-12-16/h2-10,12H,1H3. The second-order valence-electron chi connectivity index (χ2n) is 4.98. The zero-order valence-electron chi connectivity index (χ0n) is 12.4. The summed E-state index contributed by atoms with van der Waals surface area (Å²) >= 11 is 1.44. The number of ketones is 1. The zero-order valence-corrected chi connectivity index (χ0v) is 13.3. The van der Waals surface area contributed by atoms with Crippen LogP contribution in [0, 0.1) is 11.3 Å². The number of benzene rings is 2. The lowest BCUT2D eigenvalue weighted by Gasteiger charge is -2.04. The first kappa shape index (κ1) is 15.0.